The van der Waals surface area contributed by atoms with E-state index in [9.17, 15) is 29.1 Å². The molecule has 0 saturated carbocycles. The highest BCUT2D eigenvalue weighted by molar-refractivity contribution is 7.17. The molecule has 304 valence electrons. The Labute approximate surface area is 347 Å². The first-order valence-corrected chi connectivity index (χ1v) is 20.9. The molecule has 0 bridgehead atoms. The Hall–Kier alpha value is -6.11. The lowest BCUT2D eigenvalue weighted by molar-refractivity contribution is -0.130. The number of aryl methyl sites for hydroxylation is 3. The van der Waals surface area contributed by atoms with E-state index in [0.717, 1.165) is 84.1 Å². The summed E-state index contributed by atoms with van der Waals surface area (Å²) >= 11 is 1.47. The van der Waals surface area contributed by atoms with E-state index in [2.05, 4.69) is 15.5 Å². The summed E-state index contributed by atoms with van der Waals surface area (Å²) in [7, 11) is 0. The molecule has 1 saturated heterocycles. The second-order valence-corrected chi connectivity index (χ2v) is 16.5. The van der Waals surface area contributed by atoms with Crippen LogP contribution in [0.25, 0.3) is 0 Å². The third kappa shape index (κ3) is 10.3. The highest BCUT2D eigenvalue weighted by Crippen LogP contribution is 2.39. The number of amides is 3. The largest absolute Gasteiger partial charge is 0.478 e. The SMILES string of the molecule is CC(=O)N1CCC(N(Cc2ccc(C(=O)O)cc2)Cc2cccc(C(=O)Nc3sc4c(c3C(=O)Nc3ccc(CCc5ccc(C(=O)O)cc5)cc3)CCCC4)c2)CC1. The standard InChI is InChI=1S/C47H48N4O7S/c1-30(52)50-25-23-39(24-26-50)51(28-33-13-19-36(20-14-33)47(57)58)29-34-5-4-6-37(27-34)43(53)49-45-42(40-7-2-3-8-41(40)59-45)44(54)48-38-21-15-32(16-22-38)10-9-31-11-17-35(18-12-31)46(55)56/h4-6,11-22,27,39H,2-3,7-10,23-26,28-29H2,1H3,(H,48,54)(H,49,53)(H,55,56)(H,57,58). The maximum atomic E-state index is 14.0. The highest BCUT2D eigenvalue weighted by Gasteiger charge is 2.28. The van der Waals surface area contributed by atoms with Gasteiger partial charge in [-0.3, -0.25) is 19.3 Å². The molecule has 1 aliphatic carbocycles. The molecule has 0 spiro atoms. The van der Waals surface area contributed by atoms with Gasteiger partial charge in [0.25, 0.3) is 11.8 Å². The Morgan fingerprint density at radius 3 is 1.86 bits per heavy atom. The summed E-state index contributed by atoms with van der Waals surface area (Å²) in [5, 5.41) is 25.3. The number of fused-ring (bicyclic) bond motifs is 1. The molecule has 59 heavy (non-hydrogen) atoms. The van der Waals surface area contributed by atoms with Crippen LogP contribution in [0.15, 0.2) is 97.1 Å². The van der Waals surface area contributed by atoms with Gasteiger partial charge in [0.15, 0.2) is 0 Å². The summed E-state index contributed by atoms with van der Waals surface area (Å²) in [6, 6.07) is 29.2. The fourth-order valence-electron chi connectivity index (χ4n) is 8.01. The van der Waals surface area contributed by atoms with E-state index in [0.29, 0.717) is 48.0 Å². The van der Waals surface area contributed by atoms with Crippen molar-refractivity contribution >= 4 is 51.7 Å². The normalized spacial score (nSPS) is 14.1. The molecule has 0 unspecified atom stereocenters. The van der Waals surface area contributed by atoms with Crippen LogP contribution in [-0.4, -0.2) is 68.8 Å². The van der Waals surface area contributed by atoms with Crippen LogP contribution in [0.1, 0.15) is 107 Å². The Morgan fingerprint density at radius 1 is 0.678 bits per heavy atom. The summed E-state index contributed by atoms with van der Waals surface area (Å²) < 4.78 is 0. The number of piperidine rings is 1. The molecule has 4 N–H and O–H groups in total. The molecule has 5 aromatic rings. The van der Waals surface area contributed by atoms with Gasteiger partial charge in [0.1, 0.15) is 5.00 Å². The van der Waals surface area contributed by atoms with Crippen molar-refractivity contribution in [3.63, 3.8) is 0 Å². The van der Waals surface area contributed by atoms with Gasteiger partial charge in [-0.15, -0.1) is 11.3 Å². The number of carbonyl (C=O) groups is 5. The van der Waals surface area contributed by atoms with E-state index in [1.54, 1.807) is 37.3 Å². The first-order chi connectivity index (χ1) is 28.5. The maximum Gasteiger partial charge on any atom is 0.335 e. The van der Waals surface area contributed by atoms with Gasteiger partial charge in [0.05, 0.1) is 16.7 Å². The molecular formula is C47H48N4O7S. The molecule has 3 amide bonds. The third-order valence-corrected chi connectivity index (χ3v) is 12.5. The number of benzene rings is 4. The predicted molar refractivity (Wildman–Crippen MR) is 228 cm³/mol. The van der Waals surface area contributed by atoms with Gasteiger partial charge in [-0.2, -0.15) is 0 Å². The number of likely N-dealkylation sites (tertiary alicyclic amines) is 1. The van der Waals surface area contributed by atoms with Gasteiger partial charge in [-0.1, -0.05) is 48.5 Å². The van der Waals surface area contributed by atoms with Crippen LogP contribution < -0.4 is 10.6 Å². The molecule has 4 aromatic carbocycles. The molecule has 11 nitrogen and oxygen atoms in total. The summed E-state index contributed by atoms with van der Waals surface area (Å²) in [6.45, 7) is 4.05. The van der Waals surface area contributed by atoms with E-state index in [1.165, 1.54) is 11.3 Å². The van der Waals surface area contributed by atoms with Crippen LogP contribution in [0.2, 0.25) is 0 Å². The zero-order valence-electron chi connectivity index (χ0n) is 33.0. The van der Waals surface area contributed by atoms with Crippen molar-refractivity contribution in [3.05, 3.63) is 152 Å². The van der Waals surface area contributed by atoms with E-state index < -0.39 is 11.9 Å². The van der Waals surface area contributed by atoms with Crippen LogP contribution >= 0.6 is 11.3 Å². The second-order valence-electron chi connectivity index (χ2n) is 15.4. The number of nitrogens with zero attached hydrogens (tertiary/aromatic N) is 2. The van der Waals surface area contributed by atoms with Crippen molar-refractivity contribution in [2.75, 3.05) is 23.7 Å². The molecule has 1 fully saturated rings. The number of anilines is 2. The molecule has 1 aliphatic heterocycles. The fourth-order valence-corrected chi connectivity index (χ4v) is 9.29. The van der Waals surface area contributed by atoms with Gasteiger partial charge in [-0.05, 0) is 128 Å². The van der Waals surface area contributed by atoms with Crippen LogP contribution in [-0.2, 0) is 43.6 Å². The molecule has 0 radical (unpaired) electrons. The van der Waals surface area contributed by atoms with E-state index in [4.69, 9.17) is 5.11 Å². The van der Waals surface area contributed by atoms with Crippen molar-refractivity contribution in [2.45, 2.75) is 77.4 Å². The molecule has 2 aliphatic rings. The van der Waals surface area contributed by atoms with Gasteiger partial charge in [0, 0.05) is 55.3 Å². The van der Waals surface area contributed by atoms with Gasteiger partial charge in [0.2, 0.25) is 5.91 Å². The van der Waals surface area contributed by atoms with Crippen LogP contribution in [0, 0.1) is 0 Å². The van der Waals surface area contributed by atoms with Crippen molar-refractivity contribution in [1.82, 2.24) is 9.80 Å². The lowest BCUT2D eigenvalue weighted by atomic mass is 9.95. The second kappa shape index (κ2) is 18.6. The van der Waals surface area contributed by atoms with Gasteiger partial charge in [-0.25, -0.2) is 9.59 Å². The fraction of sp³-hybridized carbons (Fsp3) is 0.298. The number of carboxylic acids is 2. The average molecular weight is 813 g/mol. The smallest absolute Gasteiger partial charge is 0.335 e. The number of thiophene rings is 1. The number of aromatic carboxylic acids is 2. The molecule has 7 rings (SSSR count). The van der Waals surface area contributed by atoms with Crippen LogP contribution in [0.5, 0.6) is 0 Å². The van der Waals surface area contributed by atoms with Crippen molar-refractivity contribution in [1.29, 1.82) is 0 Å². The Balaban J connectivity index is 1.04. The van der Waals surface area contributed by atoms with Crippen LogP contribution in [0.3, 0.4) is 0 Å². The molecule has 12 heteroatoms. The number of hydrogen-bond acceptors (Lipinski definition) is 7. The minimum Gasteiger partial charge on any atom is -0.478 e. The molecule has 0 atom stereocenters. The van der Waals surface area contributed by atoms with E-state index >= 15 is 0 Å². The first-order valence-electron chi connectivity index (χ1n) is 20.1. The Kier molecular flexibility index (Phi) is 13.0. The van der Waals surface area contributed by atoms with Gasteiger partial charge < -0.3 is 25.7 Å². The Bertz CT molecular complexity index is 2330. The maximum absolute atomic E-state index is 14.0. The number of carbonyl (C=O) groups excluding carboxylic acids is 3. The van der Waals surface area contributed by atoms with E-state index in [-0.39, 0.29) is 34.9 Å². The van der Waals surface area contributed by atoms with Crippen molar-refractivity contribution in [3.8, 4) is 0 Å². The summed E-state index contributed by atoms with van der Waals surface area (Å²) in [5.74, 6) is -2.41. The molecule has 1 aromatic heterocycles. The number of hydrogen-bond donors (Lipinski definition) is 4. The van der Waals surface area contributed by atoms with Crippen molar-refractivity contribution < 1.29 is 34.2 Å². The minimum absolute atomic E-state index is 0.0660. The number of carboxylic acid groups (broad SMARTS) is 2. The lowest BCUT2D eigenvalue weighted by Crippen LogP contribution is -2.45. The average Bonchev–Trinajstić information content (AvgIpc) is 3.61. The topological polar surface area (TPSA) is 156 Å². The highest BCUT2D eigenvalue weighted by atomic mass is 32.1. The Morgan fingerprint density at radius 2 is 1.25 bits per heavy atom. The first kappa shape index (κ1) is 41.1. The summed E-state index contributed by atoms with van der Waals surface area (Å²) in [5.41, 5.74) is 7.18. The predicted octanol–water partition coefficient (Wildman–Crippen LogP) is 8.33. The molecular weight excluding hydrogens is 765 g/mol. The quantitative estimate of drug-likeness (QED) is 0.0873. The number of nitrogens with one attached hydrogen (secondary N) is 2. The van der Waals surface area contributed by atoms with Crippen molar-refractivity contribution in [2.24, 2.45) is 0 Å². The minimum atomic E-state index is -0.973. The number of rotatable bonds is 14. The van der Waals surface area contributed by atoms with Crippen LogP contribution in [0.4, 0.5) is 10.7 Å². The molecule has 2 heterocycles. The zero-order chi connectivity index (χ0) is 41.5. The van der Waals surface area contributed by atoms with E-state index in [1.807, 2.05) is 71.6 Å². The summed E-state index contributed by atoms with van der Waals surface area (Å²) in [4.78, 5) is 68.0. The zero-order valence-corrected chi connectivity index (χ0v) is 33.9. The third-order valence-electron chi connectivity index (χ3n) is 11.3. The lowest BCUT2D eigenvalue weighted by Gasteiger charge is -2.38. The summed E-state index contributed by atoms with van der Waals surface area (Å²) in [6.07, 6.45) is 6.76. The monoisotopic (exact) mass is 812 g/mol. The van der Waals surface area contributed by atoms with Gasteiger partial charge >= 0.3 is 11.9 Å².